The van der Waals surface area contributed by atoms with Crippen LogP contribution in [0.4, 0.5) is 0 Å². The summed E-state index contributed by atoms with van der Waals surface area (Å²) in [6.45, 7) is 6.87. The molecular formula is C15H23NO3. The van der Waals surface area contributed by atoms with Crippen LogP contribution in [0.1, 0.15) is 37.6 Å². The lowest BCUT2D eigenvalue weighted by molar-refractivity contribution is 0.0977. The lowest BCUT2D eigenvalue weighted by Gasteiger charge is -2.20. The molecule has 1 N–H and O–H groups in total. The van der Waals surface area contributed by atoms with Crippen molar-refractivity contribution in [2.75, 3.05) is 20.8 Å². The van der Waals surface area contributed by atoms with E-state index in [1.165, 1.54) is 0 Å². The van der Waals surface area contributed by atoms with Gasteiger partial charge in [0, 0.05) is 24.6 Å². The fourth-order valence-electron chi connectivity index (χ4n) is 1.71. The van der Waals surface area contributed by atoms with Crippen LogP contribution < -0.4 is 14.8 Å². The van der Waals surface area contributed by atoms with Gasteiger partial charge >= 0.3 is 0 Å². The first-order chi connectivity index (χ1) is 8.87. The smallest absolute Gasteiger partial charge is 0.167 e. The molecule has 0 radical (unpaired) electrons. The van der Waals surface area contributed by atoms with E-state index in [0.717, 1.165) is 0 Å². The number of ether oxygens (including phenoxy) is 2. The van der Waals surface area contributed by atoms with E-state index in [2.05, 4.69) is 26.1 Å². The Labute approximate surface area is 115 Å². The summed E-state index contributed by atoms with van der Waals surface area (Å²) in [5.74, 6) is 1.30. The molecule has 0 atom stereocenters. The number of nitrogens with one attached hydrogen (secondary N) is 1. The van der Waals surface area contributed by atoms with Gasteiger partial charge in [-0.1, -0.05) is 0 Å². The van der Waals surface area contributed by atoms with Crippen LogP contribution in [0.5, 0.6) is 11.5 Å². The van der Waals surface area contributed by atoms with Gasteiger partial charge in [-0.05, 0) is 32.9 Å². The molecule has 0 saturated heterocycles. The Bertz CT molecular complexity index is 436. The van der Waals surface area contributed by atoms with Crippen LogP contribution in [-0.2, 0) is 0 Å². The molecule has 4 nitrogen and oxygen atoms in total. The van der Waals surface area contributed by atoms with E-state index >= 15 is 0 Å². The molecule has 4 heteroatoms. The molecule has 0 heterocycles. The Balaban J connectivity index is 2.71. The van der Waals surface area contributed by atoms with Crippen molar-refractivity contribution in [2.45, 2.75) is 32.7 Å². The highest BCUT2D eigenvalue weighted by atomic mass is 16.5. The highest BCUT2D eigenvalue weighted by Gasteiger charge is 2.14. The normalized spacial score (nSPS) is 11.2. The highest BCUT2D eigenvalue weighted by Crippen LogP contribution is 2.25. The molecule has 0 spiro atoms. The average molecular weight is 265 g/mol. The van der Waals surface area contributed by atoms with E-state index < -0.39 is 0 Å². The number of methoxy groups -OCH3 is 2. The minimum Gasteiger partial charge on any atom is -0.497 e. The van der Waals surface area contributed by atoms with Gasteiger partial charge in [0.15, 0.2) is 5.78 Å². The van der Waals surface area contributed by atoms with Crippen LogP contribution in [0.15, 0.2) is 18.2 Å². The van der Waals surface area contributed by atoms with Crippen molar-refractivity contribution < 1.29 is 14.3 Å². The zero-order valence-corrected chi connectivity index (χ0v) is 12.4. The van der Waals surface area contributed by atoms with Gasteiger partial charge in [-0.2, -0.15) is 0 Å². The van der Waals surface area contributed by atoms with Gasteiger partial charge < -0.3 is 14.8 Å². The zero-order chi connectivity index (χ0) is 14.5. The SMILES string of the molecule is COc1ccc(C(=O)CCNC(C)(C)C)c(OC)c1. The Hall–Kier alpha value is -1.55. The number of rotatable bonds is 6. The molecule has 1 aromatic carbocycles. The van der Waals surface area contributed by atoms with Crippen molar-refractivity contribution in [3.63, 3.8) is 0 Å². The van der Waals surface area contributed by atoms with Gasteiger partial charge in [-0.15, -0.1) is 0 Å². The standard InChI is InChI=1S/C15H23NO3/c1-15(2,3)16-9-8-13(17)12-7-6-11(18-4)10-14(12)19-5/h6-7,10,16H,8-9H2,1-5H3. The topological polar surface area (TPSA) is 47.6 Å². The minimum absolute atomic E-state index is 0.0181. The molecule has 0 unspecified atom stereocenters. The van der Waals surface area contributed by atoms with E-state index in [9.17, 15) is 4.79 Å². The summed E-state index contributed by atoms with van der Waals surface area (Å²) in [4.78, 5) is 12.1. The molecule has 0 amide bonds. The Kier molecular flexibility index (Phi) is 5.36. The Morgan fingerprint density at radius 2 is 1.89 bits per heavy atom. The molecule has 1 aromatic rings. The molecule has 0 aliphatic heterocycles. The quantitative estimate of drug-likeness (QED) is 0.803. The lowest BCUT2D eigenvalue weighted by Crippen LogP contribution is -2.37. The first kappa shape index (κ1) is 15.5. The van der Waals surface area contributed by atoms with Crippen molar-refractivity contribution >= 4 is 5.78 Å². The second-order valence-corrected chi connectivity index (χ2v) is 5.42. The number of carbonyl (C=O) groups excluding carboxylic acids is 1. The van der Waals surface area contributed by atoms with Crippen LogP contribution in [0, 0.1) is 0 Å². The lowest BCUT2D eigenvalue weighted by atomic mass is 10.1. The second kappa shape index (κ2) is 6.57. The van der Waals surface area contributed by atoms with Gasteiger partial charge in [0.2, 0.25) is 0 Å². The van der Waals surface area contributed by atoms with Crippen LogP contribution in [-0.4, -0.2) is 32.1 Å². The maximum absolute atomic E-state index is 12.1. The fraction of sp³-hybridized carbons (Fsp3) is 0.533. The third-order valence-electron chi connectivity index (χ3n) is 2.72. The number of Topliss-reactive ketones (excluding diaryl/α,β-unsaturated/α-hetero) is 1. The van der Waals surface area contributed by atoms with Crippen LogP contribution in [0.2, 0.25) is 0 Å². The van der Waals surface area contributed by atoms with E-state index in [1.807, 2.05) is 0 Å². The number of hydrogen-bond acceptors (Lipinski definition) is 4. The predicted molar refractivity (Wildman–Crippen MR) is 76.2 cm³/mol. The summed E-state index contributed by atoms with van der Waals surface area (Å²) in [6, 6.07) is 5.24. The molecule has 0 bridgehead atoms. The Morgan fingerprint density at radius 1 is 1.21 bits per heavy atom. The van der Waals surface area contributed by atoms with Crippen molar-refractivity contribution in [1.29, 1.82) is 0 Å². The predicted octanol–water partition coefficient (Wildman–Crippen LogP) is 2.66. The molecule has 0 aromatic heterocycles. The number of carbonyl (C=O) groups is 1. The van der Waals surface area contributed by atoms with Gasteiger partial charge in [-0.3, -0.25) is 4.79 Å². The summed E-state index contributed by atoms with van der Waals surface area (Å²) in [5.41, 5.74) is 0.614. The molecule has 106 valence electrons. The largest absolute Gasteiger partial charge is 0.497 e. The molecule has 19 heavy (non-hydrogen) atoms. The van der Waals surface area contributed by atoms with E-state index in [1.54, 1.807) is 32.4 Å². The molecule has 0 saturated carbocycles. The average Bonchev–Trinajstić information content (AvgIpc) is 2.36. The zero-order valence-electron chi connectivity index (χ0n) is 12.4. The summed E-state index contributed by atoms with van der Waals surface area (Å²) < 4.78 is 10.3. The molecule has 0 aliphatic carbocycles. The first-order valence-corrected chi connectivity index (χ1v) is 6.37. The Morgan fingerprint density at radius 3 is 2.42 bits per heavy atom. The van der Waals surface area contributed by atoms with E-state index in [-0.39, 0.29) is 11.3 Å². The van der Waals surface area contributed by atoms with Crippen LogP contribution >= 0.6 is 0 Å². The fourth-order valence-corrected chi connectivity index (χ4v) is 1.71. The first-order valence-electron chi connectivity index (χ1n) is 6.37. The third kappa shape index (κ3) is 4.91. The maximum atomic E-state index is 12.1. The molecule has 0 aliphatic rings. The molecule has 0 fully saturated rings. The number of hydrogen-bond donors (Lipinski definition) is 1. The monoisotopic (exact) mass is 265 g/mol. The van der Waals surface area contributed by atoms with Gasteiger partial charge in [0.1, 0.15) is 11.5 Å². The highest BCUT2D eigenvalue weighted by molar-refractivity contribution is 5.99. The van der Waals surface area contributed by atoms with E-state index in [4.69, 9.17) is 9.47 Å². The third-order valence-corrected chi connectivity index (χ3v) is 2.72. The summed E-state index contributed by atoms with van der Waals surface area (Å²) in [6.07, 6.45) is 0.444. The van der Waals surface area contributed by atoms with Crippen molar-refractivity contribution in [2.24, 2.45) is 0 Å². The van der Waals surface area contributed by atoms with Gasteiger partial charge in [0.25, 0.3) is 0 Å². The summed E-state index contributed by atoms with van der Waals surface area (Å²) in [5, 5.41) is 3.30. The van der Waals surface area contributed by atoms with Gasteiger partial charge in [-0.25, -0.2) is 0 Å². The summed E-state index contributed by atoms with van der Waals surface area (Å²) >= 11 is 0. The number of ketones is 1. The molecule has 1 rings (SSSR count). The van der Waals surface area contributed by atoms with E-state index in [0.29, 0.717) is 30.0 Å². The van der Waals surface area contributed by atoms with Crippen molar-refractivity contribution in [3.8, 4) is 11.5 Å². The van der Waals surface area contributed by atoms with Crippen molar-refractivity contribution in [1.82, 2.24) is 5.32 Å². The van der Waals surface area contributed by atoms with Gasteiger partial charge in [0.05, 0.1) is 19.8 Å². The maximum Gasteiger partial charge on any atom is 0.167 e. The summed E-state index contributed by atoms with van der Waals surface area (Å²) in [7, 11) is 3.14. The molecular weight excluding hydrogens is 242 g/mol. The number of benzene rings is 1. The van der Waals surface area contributed by atoms with Crippen LogP contribution in [0.3, 0.4) is 0 Å². The van der Waals surface area contributed by atoms with Crippen LogP contribution in [0.25, 0.3) is 0 Å². The minimum atomic E-state index is 0.0181. The van der Waals surface area contributed by atoms with Crippen molar-refractivity contribution in [3.05, 3.63) is 23.8 Å². The second-order valence-electron chi connectivity index (χ2n) is 5.42.